The summed E-state index contributed by atoms with van der Waals surface area (Å²) in [5.74, 6) is -46.1. The van der Waals surface area contributed by atoms with Gasteiger partial charge in [-0.15, -0.1) is 0 Å². The standard InChI is InChI=1S/C21H5F15OSi/c1-2-3-37-38(19-13(31)7(25)4(22)8(26)14(19)32,20-15(33)9(27)5(23)10(28)16(20)34)21-17(35)11(29)6(24)12(30)18(21)36/h2-3H,1H3/b3-2+. The van der Waals surface area contributed by atoms with Crippen LogP contribution in [0.2, 0.25) is 0 Å². The molecule has 1 nitrogen and oxygen atoms in total. The molecule has 0 aliphatic carbocycles. The molecular formula is C21H5F15OSi. The highest BCUT2D eigenvalue weighted by Gasteiger charge is 2.59. The normalized spacial score (nSPS) is 12.1. The topological polar surface area (TPSA) is 9.23 Å². The summed E-state index contributed by atoms with van der Waals surface area (Å²) in [7, 11) is -7.25. The van der Waals surface area contributed by atoms with Crippen molar-refractivity contribution in [2.24, 2.45) is 0 Å². The van der Waals surface area contributed by atoms with Gasteiger partial charge >= 0.3 is 8.32 Å². The van der Waals surface area contributed by atoms with Gasteiger partial charge in [0.1, 0.15) is 0 Å². The first-order valence-corrected chi connectivity index (χ1v) is 11.3. The van der Waals surface area contributed by atoms with Gasteiger partial charge in [-0.25, -0.2) is 65.9 Å². The Morgan fingerprint density at radius 3 is 0.737 bits per heavy atom. The Bertz CT molecular complexity index is 1260. The average molecular weight is 586 g/mol. The number of halogens is 15. The lowest BCUT2D eigenvalue weighted by Gasteiger charge is -2.33. The molecule has 0 fully saturated rings. The summed E-state index contributed by atoms with van der Waals surface area (Å²) >= 11 is 0. The molecule has 3 aromatic carbocycles. The third-order valence-electron chi connectivity index (χ3n) is 5.07. The lowest BCUT2D eigenvalue weighted by molar-refractivity contribution is 0.371. The zero-order valence-electron chi connectivity index (χ0n) is 17.7. The third-order valence-corrected chi connectivity index (χ3v) is 8.99. The zero-order valence-corrected chi connectivity index (χ0v) is 18.7. The Balaban J connectivity index is 2.89. The molecule has 0 unspecified atom stereocenters. The zero-order chi connectivity index (χ0) is 29.0. The Morgan fingerprint density at radius 1 is 0.368 bits per heavy atom. The van der Waals surface area contributed by atoms with E-state index in [2.05, 4.69) is 4.43 Å². The molecule has 17 heteroatoms. The molecule has 0 aliphatic rings. The summed E-state index contributed by atoms with van der Waals surface area (Å²) in [5, 5.41) is -8.30. The van der Waals surface area contributed by atoms with Crippen LogP contribution < -0.4 is 15.6 Å². The second-order valence-corrected chi connectivity index (χ2v) is 10.2. The molecule has 204 valence electrons. The van der Waals surface area contributed by atoms with E-state index in [0.29, 0.717) is 6.08 Å². The van der Waals surface area contributed by atoms with Crippen LogP contribution >= 0.6 is 0 Å². The van der Waals surface area contributed by atoms with Gasteiger partial charge in [-0.2, -0.15) is 0 Å². The smallest absolute Gasteiger partial charge is 0.364 e. The van der Waals surface area contributed by atoms with E-state index >= 15 is 0 Å². The number of benzene rings is 3. The van der Waals surface area contributed by atoms with Crippen LogP contribution in [0.25, 0.3) is 0 Å². The quantitative estimate of drug-likeness (QED) is 0.0987. The van der Waals surface area contributed by atoms with Crippen LogP contribution in [0.4, 0.5) is 65.9 Å². The summed E-state index contributed by atoms with van der Waals surface area (Å²) in [4.78, 5) is 0. The fourth-order valence-corrected chi connectivity index (χ4v) is 7.42. The van der Waals surface area contributed by atoms with Crippen molar-refractivity contribution in [3.63, 3.8) is 0 Å². The highest BCUT2D eigenvalue weighted by Crippen LogP contribution is 2.28. The molecule has 3 aromatic rings. The molecule has 0 aromatic heterocycles. The van der Waals surface area contributed by atoms with Gasteiger partial charge in [-0.05, 0) is 6.92 Å². The van der Waals surface area contributed by atoms with Gasteiger partial charge in [0.25, 0.3) is 0 Å². The SMILES string of the molecule is C/C=C/O[Si](c1c(F)c(F)c(F)c(F)c1F)(c1c(F)c(F)c(F)c(F)c1F)c1c(F)c(F)c(F)c(F)c1F. The van der Waals surface area contributed by atoms with Gasteiger partial charge in [0.05, 0.1) is 21.8 Å². The van der Waals surface area contributed by atoms with Gasteiger partial charge < -0.3 is 4.43 Å². The Kier molecular flexibility index (Phi) is 7.55. The van der Waals surface area contributed by atoms with Crippen LogP contribution in [-0.4, -0.2) is 8.32 Å². The summed E-state index contributed by atoms with van der Waals surface area (Å²) in [6.45, 7) is 0.884. The molecule has 0 bridgehead atoms. The maximum absolute atomic E-state index is 15.0. The molecule has 0 amide bonds. The monoisotopic (exact) mass is 586 g/mol. The third kappa shape index (κ3) is 3.81. The Morgan fingerprint density at radius 2 is 0.553 bits per heavy atom. The van der Waals surface area contributed by atoms with Crippen molar-refractivity contribution in [1.29, 1.82) is 0 Å². The lowest BCUT2D eigenvalue weighted by Crippen LogP contribution is -2.74. The predicted octanol–water partition coefficient (Wildman–Crippen LogP) is 5.29. The van der Waals surface area contributed by atoms with Crippen molar-refractivity contribution >= 4 is 23.9 Å². The minimum absolute atomic E-state index is 0.0274. The second-order valence-electron chi connectivity index (χ2n) is 7.10. The van der Waals surface area contributed by atoms with E-state index in [1.807, 2.05) is 0 Å². The predicted molar refractivity (Wildman–Crippen MR) is 99.3 cm³/mol. The van der Waals surface area contributed by atoms with Crippen molar-refractivity contribution in [1.82, 2.24) is 0 Å². The van der Waals surface area contributed by atoms with Crippen LogP contribution in [0.3, 0.4) is 0 Å². The van der Waals surface area contributed by atoms with Gasteiger partial charge in [-0.3, -0.25) is 0 Å². The largest absolute Gasteiger partial charge is 0.536 e. The van der Waals surface area contributed by atoms with Crippen molar-refractivity contribution in [3.8, 4) is 0 Å². The van der Waals surface area contributed by atoms with Crippen molar-refractivity contribution in [3.05, 3.63) is 99.6 Å². The average Bonchev–Trinajstić information content (AvgIpc) is 2.89. The number of allylic oxidation sites excluding steroid dienone is 1. The molecule has 0 N–H and O–H groups in total. The summed E-state index contributed by atoms with van der Waals surface area (Å²) in [5.41, 5.74) is 0. The fraction of sp³-hybridized carbons (Fsp3) is 0.0476. The van der Waals surface area contributed by atoms with E-state index < -0.39 is 111 Å². The number of hydrogen-bond donors (Lipinski definition) is 0. The van der Waals surface area contributed by atoms with Crippen molar-refractivity contribution in [2.45, 2.75) is 6.92 Å². The highest BCUT2D eigenvalue weighted by atomic mass is 28.4. The van der Waals surface area contributed by atoms with E-state index in [1.54, 1.807) is 0 Å². The van der Waals surface area contributed by atoms with E-state index in [0.717, 1.165) is 6.92 Å². The van der Waals surface area contributed by atoms with Gasteiger partial charge in [0.2, 0.25) is 17.5 Å². The first-order chi connectivity index (χ1) is 17.6. The minimum Gasteiger partial charge on any atom is -0.536 e. The Labute approximate surface area is 201 Å². The molecule has 0 saturated heterocycles. The maximum Gasteiger partial charge on any atom is 0.364 e. The molecule has 0 saturated carbocycles. The molecule has 0 aliphatic heterocycles. The molecule has 0 radical (unpaired) electrons. The molecule has 0 spiro atoms. The van der Waals surface area contributed by atoms with Crippen LogP contribution in [0, 0.1) is 87.3 Å². The number of rotatable bonds is 5. The second kappa shape index (κ2) is 9.92. The lowest BCUT2D eigenvalue weighted by atomic mass is 10.3. The van der Waals surface area contributed by atoms with E-state index in [-0.39, 0.29) is 6.26 Å². The fourth-order valence-electron chi connectivity index (χ4n) is 3.46. The molecule has 3 rings (SSSR count). The van der Waals surface area contributed by atoms with Crippen LogP contribution in [0.15, 0.2) is 12.3 Å². The first-order valence-electron chi connectivity index (χ1n) is 9.44. The summed E-state index contributed by atoms with van der Waals surface area (Å²) < 4.78 is 220. The first kappa shape index (κ1) is 28.9. The van der Waals surface area contributed by atoms with Crippen LogP contribution in [0.1, 0.15) is 6.92 Å². The van der Waals surface area contributed by atoms with Gasteiger partial charge in [0, 0.05) is 0 Å². The van der Waals surface area contributed by atoms with Gasteiger partial charge in [0.15, 0.2) is 69.8 Å². The molecule has 0 atom stereocenters. The summed E-state index contributed by atoms with van der Waals surface area (Å²) in [6.07, 6.45) is 0.520. The minimum atomic E-state index is -7.25. The van der Waals surface area contributed by atoms with Crippen molar-refractivity contribution in [2.75, 3.05) is 0 Å². The highest BCUT2D eigenvalue weighted by molar-refractivity contribution is 7.07. The van der Waals surface area contributed by atoms with Gasteiger partial charge in [-0.1, -0.05) is 6.08 Å². The van der Waals surface area contributed by atoms with Crippen LogP contribution in [-0.2, 0) is 4.43 Å². The van der Waals surface area contributed by atoms with E-state index in [9.17, 15) is 65.9 Å². The molecule has 38 heavy (non-hydrogen) atoms. The van der Waals surface area contributed by atoms with Crippen LogP contribution in [0.5, 0.6) is 0 Å². The number of hydrogen-bond acceptors (Lipinski definition) is 1. The van der Waals surface area contributed by atoms with E-state index in [4.69, 9.17) is 0 Å². The Hall–Kier alpha value is -3.63. The van der Waals surface area contributed by atoms with Crippen molar-refractivity contribution < 1.29 is 70.3 Å². The molecule has 0 heterocycles. The van der Waals surface area contributed by atoms with E-state index in [1.165, 1.54) is 0 Å². The molecular weight excluding hydrogens is 581 g/mol. The maximum atomic E-state index is 15.0. The summed E-state index contributed by atoms with van der Waals surface area (Å²) in [6, 6.07) is 0.